The van der Waals surface area contributed by atoms with Crippen LogP contribution in [-0.4, -0.2) is 47.0 Å². The number of methoxy groups -OCH3 is 1. The highest BCUT2D eigenvalue weighted by Crippen LogP contribution is 2.31. The fraction of sp³-hybridized carbons (Fsp3) is 0.500. The molecule has 0 bridgehead atoms. The molecule has 0 unspecified atom stereocenters. The van der Waals surface area contributed by atoms with Gasteiger partial charge in [-0.1, -0.05) is 49.1 Å². The number of rotatable bonds is 6. The van der Waals surface area contributed by atoms with Gasteiger partial charge in [0.05, 0.1) is 18.6 Å². The van der Waals surface area contributed by atoms with Crippen LogP contribution in [0.5, 0.6) is 5.75 Å². The van der Waals surface area contributed by atoms with E-state index in [1.54, 1.807) is 7.11 Å². The standard InChI is InChI=1S/C18H24N4O2S2/c1-12-8-13(2)10-22(9-12)16(23)11-25-18-21-20-17(26-18)19-14-6-4-5-7-15(14)24-3/h4-7,12-13H,8-11H2,1-3H3,(H,19,20)/t12-,13+. The van der Waals surface area contributed by atoms with Crippen LogP contribution in [0.4, 0.5) is 10.8 Å². The molecule has 0 aliphatic carbocycles. The molecule has 6 nitrogen and oxygen atoms in total. The number of benzene rings is 1. The number of carbonyl (C=O) groups excluding carboxylic acids is 1. The first-order valence-corrected chi connectivity index (χ1v) is 10.5. The van der Waals surface area contributed by atoms with E-state index in [2.05, 4.69) is 29.4 Å². The van der Waals surface area contributed by atoms with Gasteiger partial charge in [0.2, 0.25) is 11.0 Å². The lowest BCUT2D eigenvalue weighted by Crippen LogP contribution is -2.43. The summed E-state index contributed by atoms with van der Waals surface area (Å²) in [4.78, 5) is 14.5. The molecular weight excluding hydrogens is 368 g/mol. The number of aromatic nitrogens is 2. The molecule has 1 aliphatic heterocycles. The van der Waals surface area contributed by atoms with E-state index in [0.717, 1.165) is 28.9 Å². The summed E-state index contributed by atoms with van der Waals surface area (Å²) in [5, 5.41) is 12.2. The maximum absolute atomic E-state index is 12.5. The molecule has 2 atom stereocenters. The minimum atomic E-state index is 0.183. The predicted octanol–water partition coefficient (Wildman–Crippen LogP) is 3.89. The summed E-state index contributed by atoms with van der Waals surface area (Å²) in [5.41, 5.74) is 0.843. The number of anilines is 2. The largest absolute Gasteiger partial charge is 0.495 e. The zero-order chi connectivity index (χ0) is 18.5. The van der Waals surface area contributed by atoms with Crippen molar-refractivity contribution >= 4 is 39.8 Å². The molecule has 1 aliphatic rings. The molecule has 2 aromatic rings. The smallest absolute Gasteiger partial charge is 0.233 e. The van der Waals surface area contributed by atoms with E-state index in [4.69, 9.17) is 4.74 Å². The number of amides is 1. The Hall–Kier alpha value is -1.80. The third-order valence-electron chi connectivity index (χ3n) is 4.30. The lowest BCUT2D eigenvalue weighted by Gasteiger charge is -2.34. The number of hydrogen-bond donors (Lipinski definition) is 1. The van der Waals surface area contributed by atoms with Gasteiger partial charge in [-0.3, -0.25) is 4.79 Å². The molecule has 1 N–H and O–H groups in total. The molecule has 8 heteroatoms. The summed E-state index contributed by atoms with van der Waals surface area (Å²) in [6.45, 7) is 6.15. The summed E-state index contributed by atoms with van der Waals surface area (Å²) in [5.74, 6) is 2.49. The van der Waals surface area contributed by atoms with Crippen molar-refractivity contribution in [2.45, 2.75) is 24.6 Å². The van der Waals surface area contributed by atoms with Crippen molar-refractivity contribution in [3.8, 4) is 5.75 Å². The summed E-state index contributed by atoms with van der Waals surface area (Å²) >= 11 is 2.89. The van der Waals surface area contributed by atoms with Crippen LogP contribution in [0.15, 0.2) is 28.6 Å². The first-order chi connectivity index (χ1) is 12.5. The second-order valence-electron chi connectivity index (χ2n) is 6.73. The molecule has 26 heavy (non-hydrogen) atoms. The highest BCUT2D eigenvalue weighted by Gasteiger charge is 2.25. The van der Waals surface area contributed by atoms with Crippen molar-refractivity contribution in [3.63, 3.8) is 0 Å². The maximum atomic E-state index is 12.5. The zero-order valence-electron chi connectivity index (χ0n) is 15.3. The summed E-state index contributed by atoms with van der Waals surface area (Å²) in [6, 6.07) is 7.66. The molecule has 0 spiro atoms. The van der Waals surface area contributed by atoms with Crippen molar-refractivity contribution in [3.05, 3.63) is 24.3 Å². The number of nitrogens with zero attached hydrogens (tertiary/aromatic N) is 3. The highest BCUT2D eigenvalue weighted by atomic mass is 32.2. The number of likely N-dealkylation sites (tertiary alicyclic amines) is 1. The highest BCUT2D eigenvalue weighted by molar-refractivity contribution is 8.01. The molecule has 3 rings (SSSR count). The molecular formula is C18H24N4O2S2. The molecule has 1 aromatic heterocycles. The summed E-state index contributed by atoms with van der Waals surface area (Å²) in [6.07, 6.45) is 1.20. The molecule has 1 amide bonds. The van der Waals surface area contributed by atoms with Crippen molar-refractivity contribution in [1.29, 1.82) is 0 Å². The van der Waals surface area contributed by atoms with Crippen LogP contribution < -0.4 is 10.1 Å². The average Bonchev–Trinajstić information content (AvgIpc) is 3.06. The Bertz CT molecular complexity index is 742. The number of thioether (sulfide) groups is 1. The van der Waals surface area contributed by atoms with Crippen molar-refractivity contribution in [1.82, 2.24) is 15.1 Å². The van der Waals surface area contributed by atoms with Crippen molar-refractivity contribution in [2.75, 3.05) is 31.3 Å². The van der Waals surface area contributed by atoms with Gasteiger partial charge in [-0.25, -0.2) is 0 Å². The molecule has 2 heterocycles. The minimum Gasteiger partial charge on any atom is -0.495 e. The molecule has 1 aromatic carbocycles. The lowest BCUT2D eigenvalue weighted by molar-refractivity contribution is -0.130. The molecule has 0 saturated carbocycles. The Kier molecular flexibility index (Phi) is 6.37. The number of ether oxygens (including phenoxy) is 1. The summed E-state index contributed by atoms with van der Waals surface area (Å²) < 4.78 is 6.11. The van der Waals surface area contributed by atoms with Gasteiger partial charge < -0.3 is 15.0 Å². The second kappa shape index (κ2) is 8.73. The summed E-state index contributed by atoms with van der Waals surface area (Å²) in [7, 11) is 1.63. The van der Waals surface area contributed by atoms with Gasteiger partial charge in [-0.2, -0.15) is 0 Å². The average molecular weight is 393 g/mol. The Labute approximate surface area is 162 Å². The van der Waals surface area contributed by atoms with Gasteiger partial charge in [-0.15, -0.1) is 10.2 Å². The number of nitrogens with one attached hydrogen (secondary N) is 1. The van der Waals surface area contributed by atoms with E-state index < -0.39 is 0 Å². The second-order valence-corrected chi connectivity index (χ2v) is 8.93. The van der Waals surface area contributed by atoms with Gasteiger partial charge in [-0.05, 0) is 30.4 Å². The lowest BCUT2D eigenvalue weighted by atomic mass is 9.92. The van der Waals surface area contributed by atoms with Crippen molar-refractivity contribution in [2.24, 2.45) is 11.8 Å². The fourth-order valence-corrected chi connectivity index (χ4v) is 4.93. The number of hydrogen-bond acceptors (Lipinski definition) is 7. The van der Waals surface area contributed by atoms with Gasteiger partial charge in [0, 0.05) is 13.1 Å². The minimum absolute atomic E-state index is 0.183. The predicted molar refractivity (Wildman–Crippen MR) is 106 cm³/mol. The van der Waals surface area contributed by atoms with E-state index in [9.17, 15) is 4.79 Å². The van der Waals surface area contributed by atoms with Crippen molar-refractivity contribution < 1.29 is 9.53 Å². The fourth-order valence-electron chi connectivity index (χ4n) is 3.26. The Morgan fingerprint density at radius 1 is 1.31 bits per heavy atom. The van der Waals surface area contributed by atoms with Gasteiger partial charge >= 0.3 is 0 Å². The Balaban J connectivity index is 1.54. The SMILES string of the molecule is COc1ccccc1Nc1nnc(SCC(=O)N2C[C@H](C)C[C@H](C)C2)s1. The van der Waals surface area contributed by atoms with E-state index in [1.807, 2.05) is 29.2 Å². The van der Waals surface area contributed by atoms with Gasteiger partial charge in [0.15, 0.2) is 4.34 Å². The third kappa shape index (κ3) is 4.88. The van der Waals surface area contributed by atoms with Crippen LogP contribution in [0.1, 0.15) is 20.3 Å². The molecule has 1 saturated heterocycles. The molecule has 0 radical (unpaired) electrons. The Morgan fingerprint density at radius 3 is 2.77 bits per heavy atom. The van der Waals surface area contributed by atoms with E-state index in [0.29, 0.717) is 22.7 Å². The van der Waals surface area contributed by atoms with Crippen LogP contribution >= 0.6 is 23.1 Å². The van der Waals surface area contributed by atoms with Crippen LogP contribution in [-0.2, 0) is 4.79 Å². The topological polar surface area (TPSA) is 67.3 Å². The number of carbonyl (C=O) groups is 1. The quantitative estimate of drug-likeness (QED) is 0.753. The number of para-hydroxylation sites is 2. The maximum Gasteiger partial charge on any atom is 0.233 e. The van der Waals surface area contributed by atoms with Crippen LogP contribution in [0.25, 0.3) is 0 Å². The monoisotopic (exact) mass is 392 g/mol. The zero-order valence-corrected chi connectivity index (χ0v) is 16.9. The Morgan fingerprint density at radius 2 is 2.04 bits per heavy atom. The number of piperidine rings is 1. The van der Waals surface area contributed by atoms with Crippen LogP contribution in [0.3, 0.4) is 0 Å². The first kappa shape index (κ1) is 19.0. The van der Waals surface area contributed by atoms with E-state index >= 15 is 0 Å². The van der Waals surface area contributed by atoms with Gasteiger partial charge in [0.25, 0.3) is 0 Å². The van der Waals surface area contributed by atoms with Crippen LogP contribution in [0.2, 0.25) is 0 Å². The van der Waals surface area contributed by atoms with Crippen LogP contribution in [0, 0.1) is 11.8 Å². The van der Waals surface area contributed by atoms with E-state index in [1.165, 1.54) is 29.5 Å². The van der Waals surface area contributed by atoms with Gasteiger partial charge in [0.1, 0.15) is 5.75 Å². The third-order valence-corrected chi connectivity index (χ3v) is 6.25. The molecule has 1 fully saturated rings. The normalized spacial score (nSPS) is 20.0. The van der Waals surface area contributed by atoms with E-state index in [-0.39, 0.29) is 5.91 Å². The molecule has 140 valence electrons. The first-order valence-electron chi connectivity index (χ1n) is 8.69.